The number of anilines is 1. The number of carboxylic acid groups (broad SMARTS) is 2. The molecule has 0 unspecified atom stereocenters. The van der Waals surface area contributed by atoms with E-state index in [0.717, 1.165) is 18.9 Å². The number of nitrogens with one attached hydrogen (secondary N) is 1. The summed E-state index contributed by atoms with van der Waals surface area (Å²) in [5.41, 5.74) is 0.573. The summed E-state index contributed by atoms with van der Waals surface area (Å²) < 4.78 is 74.6. The first-order chi connectivity index (χ1) is 18.6. The Morgan fingerprint density at radius 3 is 2.25 bits per heavy atom. The van der Waals surface area contributed by atoms with E-state index in [1.54, 1.807) is 31.6 Å². The number of halogens is 6. The number of ether oxygens (including phenoxy) is 2. The molecule has 2 aromatic rings. The van der Waals surface area contributed by atoms with Gasteiger partial charge in [-0.25, -0.2) is 19.6 Å². The number of aromatic nitrogens is 3. The second kappa shape index (κ2) is 13.7. The molecule has 0 aromatic carbocycles. The third-order valence-electron chi connectivity index (χ3n) is 5.53. The van der Waals surface area contributed by atoms with Crippen LogP contribution in [0.2, 0.25) is 0 Å². The van der Waals surface area contributed by atoms with Crippen LogP contribution in [0.3, 0.4) is 0 Å². The van der Waals surface area contributed by atoms with Crippen molar-refractivity contribution in [2.24, 2.45) is 11.8 Å². The summed E-state index contributed by atoms with van der Waals surface area (Å²) in [6.07, 6.45) is -5.27. The Morgan fingerprint density at radius 1 is 1.10 bits per heavy atom. The smallest absolute Gasteiger partial charge is 0.481 e. The highest BCUT2D eigenvalue weighted by molar-refractivity contribution is 5.93. The molecule has 2 saturated heterocycles. The number of fused-ring (bicyclic) bond motifs is 1. The third-order valence-corrected chi connectivity index (χ3v) is 5.53. The first-order valence-electron chi connectivity index (χ1n) is 11.1. The molecule has 40 heavy (non-hydrogen) atoms. The molecule has 3 N–H and O–H groups in total. The molecule has 12 nitrogen and oxygen atoms in total. The van der Waals surface area contributed by atoms with Crippen LogP contribution in [0, 0.1) is 11.8 Å². The van der Waals surface area contributed by atoms with Gasteiger partial charge in [0, 0.05) is 49.9 Å². The summed E-state index contributed by atoms with van der Waals surface area (Å²) in [6.45, 7) is 2.90. The molecule has 1 amide bonds. The van der Waals surface area contributed by atoms with Crippen molar-refractivity contribution in [2.75, 3.05) is 38.3 Å². The number of aliphatic carboxylic acids is 2. The molecule has 4 rings (SSSR count). The van der Waals surface area contributed by atoms with Crippen molar-refractivity contribution >= 4 is 23.7 Å². The van der Waals surface area contributed by atoms with Crippen molar-refractivity contribution in [3.05, 3.63) is 42.5 Å². The molecule has 0 aliphatic carbocycles. The summed E-state index contributed by atoms with van der Waals surface area (Å²) in [4.78, 5) is 44.6. The molecule has 2 aliphatic rings. The summed E-state index contributed by atoms with van der Waals surface area (Å²) in [5, 5.41) is 17.3. The Kier molecular flexibility index (Phi) is 11.0. The summed E-state index contributed by atoms with van der Waals surface area (Å²) in [5.74, 6) is -3.57. The van der Waals surface area contributed by atoms with Crippen LogP contribution in [0.5, 0.6) is 5.88 Å². The predicted molar refractivity (Wildman–Crippen MR) is 121 cm³/mol. The summed E-state index contributed by atoms with van der Waals surface area (Å²) >= 11 is 0. The van der Waals surface area contributed by atoms with Crippen molar-refractivity contribution in [3.63, 3.8) is 0 Å². The van der Waals surface area contributed by atoms with E-state index in [1.807, 2.05) is 6.07 Å². The number of hydrogen-bond acceptors (Lipinski definition) is 9. The maximum absolute atomic E-state index is 12.2. The molecule has 3 atom stereocenters. The molecule has 2 aliphatic heterocycles. The van der Waals surface area contributed by atoms with Gasteiger partial charge in [0.25, 0.3) is 5.91 Å². The van der Waals surface area contributed by atoms with E-state index in [-0.39, 0.29) is 17.9 Å². The molecule has 0 spiro atoms. The van der Waals surface area contributed by atoms with E-state index in [9.17, 15) is 31.1 Å². The fourth-order valence-electron chi connectivity index (χ4n) is 3.63. The zero-order valence-corrected chi connectivity index (χ0v) is 20.5. The van der Waals surface area contributed by atoms with Crippen LogP contribution in [0.25, 0.3) is 0 Å². The number of rotatable bonds is 5. The lowest BCUT2D eigenvalue weighted by atomic mass is 9.93. The molecule has 2 aromatic heterocycles. The highest BCUT2D eigenvalue weighted by Crippen LogP contribution is 2.35. The number of carbonyl (C=O) groups is 3. The Balaban J connectivity index is 0.000000333. The Labute approximate surface area is 221 Å². The summed E-state index contributed by atoms with van der Waals surface area (Å²) in [7, 11) is 1.59. The maximum atomic E-state index is 12.2. The first kappa shape index (κ1) is 32.0. The SMILES string of the molecule is COc1cc(N2C[C@@H]3[C@@H](CNC(=O)c4cccnc4)CO[C@@H]3C2)ncn1.O=C(O)C(F)(F)F.O=C(O)C(F)(F)F. The Hall–Kier alpha value is -4.22. The molecule has 0 radical (unpaired) electrons. The minimum absolute atomic E-state index is 0.100. The predicted octanol–water partition coefficient (Wildman–Crippen LogP) is 2.03. The largest absolute Gasteiger partial charge is 0.490 e. The maximum Gasteiger partial charge on any atom is 0.490 e. The molecular weight excluding hydrogens is 560 g/mol. The normalized spacial score (nSPS) is 19.8. The average molecular weight is 583 g/mol. The number of pyridine rings is 1. The van der Waals surface area contributed by atoms with Gasteiger partial charge in [-0.1, -0.05) is 0 Å². The number of alkyl halides is 6. The fourth-order valence-corrected chi connectivity index (χ4v) is 3.63. The summed E-state index contributed by atoms with van der Waals surface area (Å²) in [6, 6.07) is 5.35. The second-order valence-corrected chi connectivity index (χ2v) is 8.18. The van der Waals surface area contributed by atoms with Gasteiger partial charge < -0.3 is 29.9 Å². The van der Waals surface area contributed by atoms with Crippen LogP contribution in [-0.2, 0) is 14.3 Å². The molecule has 0 saturated carbocycles. The van der Waals surface area contributed by atoms with Crippen LogP contribution in [-0.4, -0.2) is 94.8 Å². The van der Waals surface area contributed by atoms with Gasteiger partial charge in [0.2, 0.25) is 5.88 Å². The standard InChI is InChI=1S/C18H21N5O3.2C2HF3O2/c1-25-17-5-16(21-11-22-17)23-8-14-13(10-26-15(14)9-23)7-20-18(24)12-3-2-4-19-6-12;2*3-2(4,5)1(6)7/h2-6,11,13-15H,7-10H2,1H3,(H,20,24);2*(H,6,7)/t13-,14+,15+;;/m0../s1. The van der Waals surface area contributed by atoms with E-state index in [4.69, 9.17) is 29.3 Å². The number of carbonyl (C=O) groups excluding carboxylic acids is 1. The van der Waals surface area contributed by atoms with Crippen molar-refractivity contribution in [3.8, 4) is 5.88 Å². The number of carboxylic acids is 2. The van der Waals surface area contributed by atoms with Crippen LogP contribution in [0.1, 0.15) is 10.4 Å². The van der Waals surface area contributed by atoms with Gasteiger partial charge in [-0.15, -0.1) is 0 Å². The lowest BCUT2D eigenvalue weighted by molar-refractivity contribution is -0.193. The fraction of sp³-hybridized carbons (Fsp3) is 0.455. The van der Waals surface area contributed by atoms with Gasteiger partial charge in [0.15, 0.2) is 0 Å². The van der Waals surface area contributed by atoms with Crippen molar-refractivity contribution in [2.45, 2.75) is 18.5 Å². The molecular formula is C22H23F6N5O7. The van der Waals surface area contributed by atoms with Crippen molar-refractivity contribution < 1.29 is 60.4 Å². The highest BCUT2D eigenvalue weighted by atomic mass is 19.4. The zero-order chi connectivity index (χ0) is 30.1. The van der Waals surface area contributed by atoms with Crippen molar-refractivity contribution in [1.29, 1.82) is 0 Å². The van der Waals surface area contributed by atoms with Gasteiger partial charge >= 0.3 is 24.3 Å². The van der Waals surface area contributed by atoms with Crippen LogP contribution in [0.15, 0.2) is 36.9 Å². The quantitative estimate of drug-likeness (QED) is 0.441. The first-order valence-corrected chi connectivity index (χ1v) is 11.1. The second-order valence-electron chi connectivity index (χ2n) is 8.18. The zero-order valence-electron chi connectivity index (χ0n) is 20.5. The van der Waals surface area contributed by atoms with Crippen LogP contribution >= 0.6 is 0 Å². The van der Waals surface area contributed by atoms with Crippen LogP contribution in [0.4, 0.5) is 32.2 Å². The minimum atomic E-state index is -5.08. The Morgan fingerprint density at radius 2 is 1.73 bits per heavy atom. The molecule has 220 valence electrons. The molecule has 0 bridgehead atoms. The highest BCUT2D eigenvalue weighted by Gasteiger charge is 2.44. The monoisotopic (exact) mass is 583 g/mol. The number of nitrogens with zero attached hydrogens (tertiary/aromatic N) is 4. The number of methoxy groups -OCH3 is 1. The van der Waals surface area contributed by atoms with E-state index in [0.29, 0.717) is 30.5 Å². The average Bonchev–Trinajstić information content (AvgIpc) is 3.49. The van der Waals surface area contributed by atoms with Gasteiger partial charge in [-0.3, -0.25) is 9.78 Å². The molecule has 4 heterocycles. The number of hydrogen-bond donors (Lipinski definition) is 3. The third kappa shape index (κ3) is 9.51. The minimum Gasteiger partial charge on any atom is -0.481 e. The van der Waals surface area contributed by atoms with E-state index in [2.05, 4.69) is 25.2 Å². The Bertz CT molecular complexity index is 1130. The molecule has 18 heteroatoms. The lowest BCUT2D eigenvalue weighted by Crippen LogP contribution is -2.34. The van der Waals surface area contributed by atoms with Crippen LogP contribution < -0.4 is 15.0 Å². The van der Waals surface area contributed by atoms with Gasteiger partial charge in [0.1, 0.15) is 12.1 Å². The molecule has 2 fully saturated rings. The van der Waals surface area contributed by atoms with E-state index < -0.39 is 24.3 Å². The topological polar surface area (TPSA) is 164 Å². The number of amides is 1. The van der Waals surface area contributed by atoms with Gasteiger partial charge in [0.05, 0.1) is 25.4 Å². The van der Waals surface area contributed by atoms with E-state index in [1.165, 1.54) is 6.33 Å². The van der Waals surface area contributed by atoms with Gasteiger partial charge in [-0.05, 0) is 12.1 Å². The van der Waals surface area contributed by atoms with Crippen molar-refractivity contribution in [1.82, 2.24) is 20.3 Å². The van der Waals surface area contributed by atoms with E-state index >= 15 is 0 Å². The van der Waals surface area contributed by atoms with Gasteiger partial charge in [-0.2, -0.15) is 26.3 Å². The lowest BCUT2D eigenvalue weighted by Gasteiger charge is -2.21.